The number of fused-ring (bicyclic) bond motifs is 3. The van der Waals surface area contributed by atoms with E-state index in [2.05, 4.69) is 0 Å². The normalized spacial score (nSPS) is 12.2. The number of aromatic hydroxyl groups is 2. The van der Waals surface area contributed by atoms with Gasteiger partial charge in [-0.15, -0.1) is 0 Å². The van der Waals surface area contributed by atoms with Gasteiger partial charge in [0.05, 0.1) is 35.3 Å². The molecule has 0 bridgehead atoms. The van der Waals surface area contributed by atoms with E-state index >= 15 is 0 Å². The first-order chi connectivity index (χ1) is 15.7. The first-order valence-corrected chi connectivity index (χ1v) is 10.3. The molecule has 4 aromatic rings. The number of rotatable bonds is 6. The van der Waals surface area contributed by atoms with Crippen molar-refractivity contribution in [1.82, 2.24) is 4.57 Å². The van der Waals surface area contributed by atoms with Gasteiger partial charge in [-0.05, 0) is 55.8 Å². The van der Waals surface area contributed by atoms with Crippen LogP contribution in [0.5, 0.6) is 11.5 Å². The number of nitro benzene ring substituents is 1. The summed E-state index contributed by atoms with van der Waals surface area (Å²) in [7, 11) is 0. The molecule has 9 heteroatoms. The molecular weight excluding hydrogens is 428 g/mol. The molecule has 9 nitrogen and oxygen atoms in total. The van der Waals surface area contributed by atoms with Gasteiger partial charge in [0.2, 0.25) is 0 Å². The predicted molar refractivity (Wildman–Crippen MR) is 122 cm³/mol. The van der Waals surface area contributed by atoms with E-state index < -0.39 is 17.0 Å². The van der Waals surface area contributed by atoms with Crippen molar-refractivity contribution in [3.63, 3.8) is 0 Å². The molecule has 0 saturated heterocycles. The standard InChI is InChI=1S/C24H22N2O7/c1-3-33-24(30)22-13(2)25(12-21(29)14-4-6-15(7-5-14)26(31)32)23-18-10-16(27)8-9-17(18)20(28)11-19(22)23/h4-11,21,27-29H,3,12H2,1-2H3/t21-/m1/s1. The van der Waals surface area contributed by atoms with Gasteiger partial charge < -0.3 is 24.6 Å². The number of ether oxygens (including phenoxy) is 1. The van der Waals surface area contributed by atoms with E-state index in [-0.39, 0.29) is 35.9 Å². The number of aliphatic hydroxyl groups is 1. The van der Waals surface area contributed by atoms with Crippen molar-refractivity contribution in [1.29, 1.82) is 0 Å². The highest BCUT2D eigenvalue weighted by Gasteiger charge is 2.25. The van der Waals surface area contributed by atoms with Gasteiger partial charge in [-0.25, -0.2) is 4.79 Å². The quantitative estimate of drug-likeness (QED) is 0.226. The third-order valence-corrected chi connectivity index (χ3v) is 5.70. The lowest BCUT2D eigenvalue weighted by Crippen LogP contribution is -2.12. The van der Waals surface area contributed by atoms with Crippen molar-refractivity contribution in [2.45, 2.75) is 26.5 Å². The number of hydrogen-bond acceptors (Lipinski definition) is 7. The van der Waals surface area contributed by atoms with Crippen LogP contribution in [0.4, 0.5) is 5.69 Å². The molecule has 0 aliphatic rings. The summed E-state index contributed by atoms with van der Waals surface area (Å²) < 4.78 is 6.95. The molecule has 0 saturated carbocycles. The maximum absolute atomic E-state index is 12.8. The number of carbonyl (C=O) groups is 1. The van der Waals surface area contributed by atoms with Crippen molar-refractivity contribution in [3.05, 3.63) is 75.5 Å². The second-order valence-corrected chi connectivity index (χ2v) is 7.68. The minimum absolute atomic E-state index is 0.0200. The monoisotopic (exact) mass is 450 g/mol. The fourth-order valence-corrected chi connectivity index (χ4v) is 4.14. The molecule has 0 unspecified atom stereocenters. The van der Waals surface area contributed by atoms with Crippen LogP contribution < -0.4 is 0 Å². The molecule has 3 aromatic carbocycles. The Labute approximate surface area is 188 Å². The minimum Gasteiger partial charge on any atom is -0.508 e. The Morgan fingerprint density at radius 3 is 2.42 bits per heavy atom. The number of nitrogens with zero attached hydrogens (tertiary/aromatic N) is 2. The van der Waals surface area contributed by atoms with Gasteiger partial charge in [0.25, 0.3) is 5.69 Å². The van der Waals surface area contributed by atoms with Crippen molar-refractivity contribution in [2.75, 3.05) is 6.61 Å². The van der Waals surface area contributed by atoms with Gasteiger partial charge in [-0.1, -0.05) is 0 Å². The summed E-state index contributed by atoms with van der Waals surface area (Å²) in [6.45, 7) is 3.59. The number of carbonyl (C=O) groups excluding carboxylic acids is 1. The summed E-state index contributed by atoms with van der Waals surface area (Å²) >= 11 is 0. The zero-order valence-corrected chi connectivity index (χ0v) is 18.0. The van der Waals surface area contributed by atoms with Crippen LogP contribution >= 0.6 is 0 Å². The lowest BCUT2D eigenvalue weighted by atomic mass is 10.0. The first kappa shape index (κ1) is 22.1. The van der Waals surface area contributed by atoms with E-state index in [0.717, 1.165) is 0 Å². The molecule has 0 radical (unpaired) electrons. The second-order valence-electron chi connectivity index (χ2n) is 7.68. The Hall–Kier alpha value is -4.11. The number of esters is 1. The van der Waals surface area contributed by atoms with E-state index in [1.807, 2.05) is 0 Å². The van der Waals surface area contributed by atoms with E-state index in [0.29, 0.717) is 32.9 Å². The highest BCUT2D eigenvalue weighted by atomic mass is 16.6. The number of non-ortho nitro benzene ring substituents is 1. The average molecular weight is 450 g/mol. The number of aromatic nitrogens is 1. The highest BCUT2D eigenvalue weighted by Crippen LogP contribution is 2.39. The van der Waals surface area contributed by atoms with Crippen molar-refractivity contribution in [3.8, 4) is 11.5 Å². The average Bonchev–Trinajstić information content (AvgIpc) is 3.05. The van der Waals surface area contributed by atoms with Crippen molar-refractivity contribution < 1.29 is 29.8 Å². The van der Waals surface area contributed by atoms with Crippen LogP contribution in [0.2, 0.25) is 0 Å². The Morgan fingerprint density at radius 2 is 1.79 bits per heavy atom. The molecule has 0 fully saturated rings. The first-order valence-electron chi connectivity index (χ1n) is 10.3. The Kier molecular flexibility index (Phi) is 5.65. The minimum atomic E-state index is -1.05. The van der Waals surface area contributed by atoms with Crippen LogP contribution in [0.25, 0.3) is 21.7 Å². The third-order valence-electron chi connectivity index (χ3n) is 5.70. The lowest BCUT2D eigenvalue weighted by molar-refractivity contribution is -0.384. The topological polar surface area (TPSA) is 135 Å². The molecule has 33 heavy (non-hydrogen) atoms. The lowest BCUT2D eigenvalue weighted by Gasteiger charge is -2.16. The number of aliphatic hydroxyl groups excluding tert-OH is 1. The second kappa shape index (κ2) is 8.44. The molecule has 170 valence electrons. The van der Waals surface area contributed by atoms with Crippen LogP contribution in [-0.2, 0) is 11.3 Å². The predicted octanol–water partition coefficient (Wildman–Crippen LogP) is 4.33. The Morgan fingerprint density at radius 1 is 1.09 bits per heavy atom. The highest BCUT2D eigenvalue weighted by molar-refractivity contribution is 6.16. The smallest absolute Gasteiger partial charge is 0.340 e. The van der Waals surface area contributed by atoms with Crippen LogP contribution in [0.15, 0.2) is 48.5 Å². The molecule has 4 rings (SSSR count). The SMILES string of the molecule is CCOC(=O)c1c(C)n(C[C@@H](O)c2ccc([N+](=O)[O-])cc2)c2c1cc(O)c1ccc(O)cc12. The molecule has 0 aliphatic heterocycles. The van der Waals surface area contributed by atoms with E-state index in [1.54, 1.807) is 24.5 Å². The Balaban J connectivity index is 1.92. The van der Waals surface area contributed by atoms with Crippen molar-refractivity contribution in [2.24, 2.45) is 0 Å². The fourth-order valence-electron chi connectivity index (χ4n) is 4.14. The maximum Gasteiger partial charge on any atom is 0.340 e. The number of hydrogen-bond donors (Lipinski definition) is 3. The summed E-state index contributed by atoms with van der Waals surface area (Å²) in [5.74, 6) is -0.646. The molecule has 3 N–H and O–H groups in total. The van der Waals surface area contributed by atoms with Crippen LogP contribution in [0, 0.1) is 17.0 Å². The van der Waals surface area contributed by atoms with Crippen LogP contribution in [-0.4, -0.2) is 37.4 Å². The van der Waals surface area contributed by atoms with Gasteiger partial charge in [-0.2, -0.15) is 0 Å². The zero-order chi connectivity index (χ0) is 23.9. The summed E-state index contributed by atoms with van der Waals surface area (Å²) in [6, 6.07) is 11.6. The molecule has 1 heterocycles. The van der Waals surface area contributed by atoms with E-state index in [9.17, 15) is 30.2 Å². The third kappa shape index (κ3) is 3.83. The summed E-state index contributed by atoms with van der Waals surface area (Å²) in [6.07, 6.45) is -1.05. The Bertz CT molecular complexity index is 1390. The molecule has 0 aliphatic carbocycles. The fraction of sp³-hybridized carbons (Fsp3) is 0.208. The number of phenols is 2. The van der Waals surface area contributed by atoms with Crippen LogP contribution in [0.1, 0.15) is 34.6 Å². The number of benzene rings is 3. The number of phenolic OH excluding ortho intramolecular Hbond substituents is 2. The maximum atomic E-state index is 12.8. The van der Waals surface area contributed by atoms with Crippen molar-refractivity contribution >= 4 is 33.3 Å². The van der Waals surface area contributed by atoms with Gasteiger partial charge in [-0.3, -0.25) is 10.1 Å². The van der Waals surface area contributed by atoms with E-state index in [4.69, 9.17) is 4.74 Å². The summed E-state index contributed by atoms with van der Waals surface area (Å²) in [5.41, 5.74) is 1.68. The van der Waals surface area contributed by atoms with Gasteiger partial charge in [0, 0.05) is 34.0 Å². The molecule has 1 atom stereocenters. The zero-order valence-electron chi connectivity index (χ0n) is 18.0. The largest absolute Gasteiger partial charge is 0.508 e. The van der Waals surface area contributed by atoms with Gasteiger partial charge in [0.1, 0.15) is 11.5 Å². The van der Waals surface area contributed by atoms with Gasteiger partial charge in [0.15, 0.2) is 0 Å². The van der Waals surface area contributed by atoms with Crippen LogP contribution in [0.3, 0.4) is 0 Å². The summed E-state index contributed by atoms with van der Waals surface area (Å²) in [5, 5.41) is 43.9. The van der Waals surface area contributed by atoms with E-state index in [1.165, 1.54) is 42.5 Å². The molecular formula is C24H22N2O7. The number of nitro groups is 1. The molecule has 0 spiro atoms. The molecule has 1 aromatic heterocycles. The van der Waals surface area contributed by atoms with Gasteiger partial charge >= 0.3 is 5.97 Å². The summed E-state index contributed by atoms with van der Waals surface area (Å²) in [4.78, 5) is 23.2. The molecule has 0 amide bonds.